The quantitative estimate of drug-likeness (QED) is 0.382. The Morgan fingerprint density at radius 2 is 1.92 bits per heavy atom. The Kier molecular flexibility index (Phi) is 6.78. The van der Waals surface area contributed by atoms with Crippen molar-refractivity contribution in [1.29, 1.82) is 0 Å². The van der Waals surface area contributed by atoms with E-state index in [4.69, 9.17) is 21.3 Å². The van der Waals surface area contributed by atoms with E-state index < -0.39 is 32.8 Å². The fourth-order valence-corrected chi connectivity index (χ4v) is 5.02. The summed E-state index contributed by atoms with van der Waals surface area (Å²) in [5, 5.41) is 12.0. The molecule has 26 heavy (non-hydrogen) atoms. The van der Waals surface area contributed by atoms with E-state index in [9.17, 15) is 18.3 Å². The summed E-state index contributed by atoms with van der Waals surface area (Å²) < 4.78 is 34.8. The van der Waals surface area contributed by atoms with E-state index in [-0.39, 0.29) is 25.3 Å². The van der Waals surface area contributed by atoms with E-state index in [0.717, 1.165) is 10.8 Å². The highest BCUT2D eigenvalue weighted by molar-refractivity contribution is 7.93. The first kappa shape index (κ1) is 21.2. The smallest absolute Gasteiger partial charge is 0.216 e. The number of sulfone groups is 1. The van der Waals surface area contributed by atoms with Crippen LogP contribution >= 0.6 is 11.8 Å². The van der Waals surface area contributed by atoms with E-state index in [1.807, 2.05) is 0 Å². The van der Waals surface area contributed by atoms with Crippen LogP contribution in [-0.4, -0.2) is 79.2 Å². The number of rotatable bonds is 8. The van der Waals surface area contributed by atoms with Gasteiger partial charge in [0.1, 0.15) is 0 Å². The molecule has 0 bridgehead atoms. The Bertz CT molecular complexity index is 732. The Hall–Kier alpha value is -1.07. The number of ether oxygens (including phenoxy) is 2. The van der Waals surface area contributed by atoms with Crippen molar-refractivity contribution >= 4 is 27.4 Å². The molecule has 1 fully saturated rings. The number of carbonyl (C=O) groups excluding carboxylic acids is 1. The number of hydrazine groups is 1. The maximum absolute atomic E-state index is 13.3. The lowest BCUT2D eigenvalue weighted by atomic mass is 9.94. The number of aliphatic hydroxyl groups is 1. The lowest BCUT2D eigenvalue weighted by Crippen LogP contribution is -2.61. The van der Waals surface area contributed by atoms with Crippen LogP contribution in [0.2, 0.25) is 0 Å². The maximum atomic E-state index is 13.3. The molecule has 1 aromatic carbocycles. The number of nitrogens with zero attached hydrogens (tertiary/aromatic N) is 2. The van der Waals surface area contributed by atoms with Crippen LogP contribution in [0.4, 0.5) is 0 Å². The third kappa shape index (κ3) is 3.40. The molecule has 10 heteroatoms. The van der Waals surface area contributed by atoms with Gasteiger partial charge in [0, 0.05) is 25.5 Å². The van der Waals surface area contributed by atoms with Crippen molar-refractivity contribution in [2.75, 3.05) is 33.1 Å². The molecular formula is C16H23ClN2O6S. The first-order valence-electron chi connectivity index (χ1n) is 8.03. The van der Waals surface area contributed by atoms with Crippen LogP contribution in [-0.2, 0) is 19.3 Å². The molecule has 0 aliphatic carbocycles. The number of hydrogen-bond acceptors (Lipinski definition) is 8. The monoisotopic (exact) mass is 406 g/mol. The zero-order chi connectivity index (χ0) is 19.5. The van der Waals surface area contributed by atoms with Gasteiger partial charge in [-0.25, -0.2) is 8.42 Å². The SMILES string of the molecule is CCN1C(O)C(C(=O)c2ccccc2)(S(C)(=O)=O)C(OCCOC)N1Cl. The normalized spacial score (nSPS) is 27.7. The highest BCUT2D eigenvalue weighted by Gasteiger charge is 2.69. The van der Waals surface area contributed by atoms with Gasteiger partial charge < -0.3 is 14.6 Å². The second-order valence-electron chi connectivity index (χ2n) is 5.89. The van der Waals surface area contributed by atoms with Crippen molar-refractivity contribution < 1.29 is 27.8 Å². The molecule has 146 valence electrons. The highest BCUT2D eigenvalue weighted by Crippen LogP contribution is 2.43. The first-order chi connectivity index (χ1) is 12.2. The van der Waals surface area contributed by atoms with Crippen molar-refractivity contribution in [3.8, 4) is 0 Å². The Morgan fingerprint density at radius 3 is 2.42 bits per heavy atom. The molecule has 1 heterocycles. The number of methoxy groups -OCH3 is 1. The van der Waals surface area contributed by atoms with Crippen LogP contribution in [0.25, 0.3) is 0 Å². The largest absolute Gasteiger partial charge is 0.382 e. The minimum Gasteiger partial charge on any atom is -0.382 e. The zero-order valence-corrected chi connectivity index (χ0v) is 16.4. The fraction of sp³-hybridized carbons (Fsp3) is 0.562. The average Bonchev–Trinajstić information content (AvgIpc) is 2.82. The predicted octanol–water partition coefficient (Wildman–Crippen LogP) is 0.667. The van der Waals surface area contributed by atoms with Gasteiger partial charge >= 0.3 is 0 Å². The van der Waals surface area contributed by atoms with Crippen molar-refractivity contribution in [2.24, 2.45) is 0 Å². The average molecular weight is 407 g/mol. The lowest BCUT2D eigenvalue weighted by molar-refractivity contribution is -0.0892. The molecule has 1 saturated heterocycles. The summed E-state index contributed by atoms with van der Waals surface area (Å²) in [4.78, 5) is 13.3. The summed E-state index contributed by atoms with van der Waals surface area (Å²) >= 11 is 6.26. The molecule has 0 amide bonds. The molecule has 0 aromatic heterocycles. The van der Waals surface area contributed by atoms with Gasteiger partial charge in [-0.2, -0.15) is 5.01 Å². The number of Topliss-reactive ketones (excluding diaryl/α,β-unsaturated/α-hetero) is 1. The second kappa shape index (κ2) is 8.30. The summed E-state index contributed by atoms with van der Waals surface area (Å²) in [6, 6.07) is 7.90. The highest BCUT2D eigenvalue weighted by atomic mass is 35.5. The summed E-state index contributed by atoms with van der Waals surface area (Å²) in [6.45, 7) is 2.02. The Balaban J connectivity index is 2.63. The van der Waals surface area contributed by atoms with E-state index >= 15 is 0 Å². The molecule has 0 saturated carbocycles. The molecule has 0 spiro atoms. The summed E-state index contributed by atoms with van der Waals surface area (Å²) in [6.07, 6.45) is -2.23. The van der Waals surface area contributed by atoms with E-state index in [0.29, 0.717) is 0 Å². The number of hydrogen-bond donors (Lipinski definition) is 1. The van der Waals surface area contributed by atoms with E-state index in [1.165, 1.54) is 24.3 Å². The lowest BCUT2D eigenvalue weighted by Gasteiger charge is -2.33. The van der Waals surface area contributed by atoms with Gasteiger partial charge in [-0.1, -0.05) is 37.3 Å². The third-order valence-corrected chi connectivity index (χ3v) is 6.56. The molecule has 1 aromatic rings. The van der Waals surface area contributed by atoms with Crippen LogP contribution in [0, 0.1) is 0 Å². The van der Waals surface area contributed by atoms with Gasteiger partial charge in [-0.3, -0.25) is 4.79 Å². The van der Waals surface area contributed by atoms with Crippen molar-refractivity contribution in [3.05, 3.63) is 35.9 Å². The minimum atomic E-state index is -4.16. The number of benzene rings is 1. The summed E-state index contributed by atoms with van der Waals surface area (Å²) in [7, 11) is -2.70. The van der Waals surface area contributed by atoms with Gasteiger partial charge in [0.25, 0.3) is 0 Å². The van der Waals surface area contributed by atoms with E-state index in [1.54, 1.807) is 25.1 Å². The summed E-state index contributed by atoms with van der Waals surface area (Å²) in [5.41, 5.74) is 0.139. The summed E-state index contributed by atoms with van der Waals surface area (Å²) in [5.74, 6) is -0.780. The Morgan fingerprint density at radius 1 is 1.31 bits per heavy atom. The second-order valence-corrected chi connectivity index (χ2v) is 8.46. The van der Waals surface area contributed by atoms with Gasteiger partial charge in [0.2, 0.25) is 4.75 Å². The van der Waals surface area contributed by atoms with Gasteiger partial charge in [-0.05, 0) is 11.8 Å². The number of carbonyl (C=O) groups is 1. The standard InChI is InChI=1S/C16H23ClN2O6S/c1-4-18-14(21)16(26(3,22)23,13(20)12-8-6-5-7-9-12)15(19(18)17)25-11-10-24-2/h5-9,14-15,21H,4,10-11H2,1-3H3. The molecule has 1 aliphatic heterocycles. The molecular weight excluding hydrogens is 384 g/mol. The first-order valence-corrected chi connectivity index (χ1v) is 10.3. The van der Waals surface area contributed by atoms with Crippen LogP contribution in [0.5, 0.6) is 0 Å². The zero-order valence-electron chi connectivity index (χ0n) is 14.8. The predicted molar refractivity (Wildman–Crippen MR) is 96.0 cm³/mol. The van der Waals surface area contributed by atoms with Crippen molar-refractivity contribution in [2.45, 2.75) is 24.1 Å². The molecule has 0 radical (unpaired) electrons. The topological polar surface area (TPSA) is 96.4 Å². The van der Waals surface area contributed by atoms with Gasteiger partial charge in [0.15, 0.2) is 28.1 Å². The number of ketones is 1. The minimum absolute atomic E-state index is 0.00595. The van der Waals surface area contributed by atoms with Gasteiger partial charge in [0.05, 0.1) is 13.2 Å². The van der Waals surface area contributed by atoms with Crippen LogP contribution < -0.4 is 0 Å². The fourth-order valence-electron chi connectivity index (χ4n) is 3.07. The van der Waals surface area contributed by atoms with Crippen LogP contribution in [0.3, 0.4) is 0 Å². The molecule has 2 rings (SSSR count). The maximum Gasteiger partial charge on any atom is 0.216 e. The molecule has 3 unspecified atom stereocenters. The van der Waals surface area contributed by atoms with Crippen LogP contribution in [0.1, 0.15) is 17.3 Å². The molecule has 3 atom stereocenters. The van der Waals surface area contributed by atoms with Crippen molar-refractivity contribution in [3.63, 3.8) is 0 Å². The molecule has 1 N–H and O–H groups in total. The van der Waals surface area contributed by atoms with E-state index in [2.05, 4.69) is 0 Å². The number of halogens is 1. The Labute approximate surface area is 158 Å². The molecule has 8 nitrogen and oxygen atoms in total. The van der Waals surface area contributed by atoms with Crippen molar-refractivity contribution in [1.82, 2.24) is 9.54 Å². The number of aliphatic hydroxyl groups excluding tert-OH is 1. The molecule has 1 aliphatic rings. The van der Waals surface area contributed by atoms with Crippen LogP contribution in [0.15, 0.2) is 30.3 Å². The third-order valence-electron chi connectivity index (χ3n) is 4.36. The van der Waals surface area contributed by atoms with Gasteiger partial charge in [-0.15, -0.1) is 4.53 Å².